The number of hydrogen-bond acceptors (Lipinski definition) is 1. The highest BCUT2D eigenvalue weighted by Crippen LogP contribution is 2.45. The number of para-hydroxylation sites is 3. The Bertz CT molecular complexity index is 3300. The topological polar surface area (TPSA) is 8.17 Å². The summed E-state index contributed by atoms with van der Waals surface area (Å²) in [4.78, 5) is 2.42. The second-order valence-corrected chi connectivity index (χ2v) is 15.7. The molecule has 0 aliphatic heterocycles. The van der Waals surface area contributed by atoms with Crippen LogP contribution in [-0.2, 0) is 0 Å². The van der Waals surface area contributed by atoms with Gasteiger partial charge in [0.15, 0.2) is 0 Å². The van der Waals surface area contributed by atoms with Crippen LogP contribution in [0, 0.1) is 0 Å². The summed E-state index contributed by atoms with van der Waals surface area (Å²) in [5.41, 5.74) is 18.6. The third-order valence-electron chi connectivity index (χ3n) is 12.0. The van der Waals surface area contributed by atoms with Gasteiger partial charge in [-0.15, -0.1) is 0 Å². The first-order valence-corrected chi connectivity index (χ1v) is 21.3. The van der Waals surface area contributed by atoms with Crippen LogP contribution in [0.4, 0.5) is 17.1 Å². The van der Waals surface area contributed by atoms with Gasteiger partial charge in [0, 0.05) is 33.4 Å². The zero-order valence-corrected chi connectivity index (χ0v) is 34.1. The van der Waals surface area contributed by atoms with Crippen LogP contribution in [0.3, 0.4) is 0 Å². The van der Waals surface area contributed by atoms with Gasteiger partial charge >= 0.3 is 0 Å². The summed E-state index contributed by atoms with van der Waals surface area (Å²) in [5.74, 6) is 0. The van der Waals surface area contributed by atoms with E-state index in [2.05, 4.69) is 264 Å². The van der Waals surface area contributed by atoms with E-state index in [4.69, 9.17) is 0 Å². The summed E-state index contributed by atoms with van der Waals surface area (Å²) in [5, 5.41) is 2.46. The van der Waals surface area contributed by atoms with Gasteiger partial charge in [0.1, 0.15) is 0 Å². The predicted molar refractivity (Wildman–Crippen MR) is 263 cm³/mol. The van der Waals surface area contributed by atoms with Crippen LogP contribution in [0.25, 0.3) is 83.1 Å². The Kier molecular flexibility index (Phi) is 9.57. The van der Waals surface area contributed by atoms with Crippen molar-refractivity contribution in [1.82, 2.24) is 4.57 Å². The summed E-state index contributed by atoms with van der Waals surface area (Å²) >= 11 is 0. The van der Waals surface area contributed by atoms with Crippen molar-refractivity contribution in [2.45, 2.75) is 0 Å². The molecule has 11 aromatic rings. The largest absolute Gasteiger partial charge is 0.310 e. The Morgan fingerprint density at radius 1 is 0.274 bits per heavy atom. The molecule has 0 bridgehead atoms. The third kappa shape index (κ3) is 6.84. The Morgan fingerprint density at radius 3 is 1.44 bits per heavy atom. The number of hydrogen-bond donors (Lipinski definition) is 0. The SMILES string of the molecule is c1ccc(-c2ccc(-c3ccc(N(c4cccc(-c5cc(-c6ccccc6)cc6c5c5ccccc5n6-c5ccccc5)c4)c4ccccc4-c4ccccc4)cc3)cc2)cc1. The van der Waals surface area contributed by atoms with Crippen LogP contribution in [0.5, 0.6) is 0 Å². The zero-order chi connectivity index (χ0) is 41.2. The molecule has 2 nitrogen and oxygen atoms in total. The second kappa shape index (κ2) is 16.1. The van der Waals surface area contributed by atoms with Gasteiger partial charge in [-0.3, -0.25) is 0 Å². The van der Waals surface area contributed by atoms with Crippen molar-refractivity contribution in [2.75, 3.05) is 4.90 Å². The predicted octanol–water partition coefficient (Wildman–Crippen LogP) is 16.6. The molecule has 1 aromatic heterocycles. The molecular formula is C60H42N2. The molecule has 0 atom stereocenters. The van der Waals surface area contributed by atoms with Crippen molar-refractivity contribution in [3.63, 3.8) is 0 Å². The molecule has 0 saturated heterocycles. The van der Waals surface area contributed by atoms with Gasteiger partial charge in [0.25, 0.3) is 0 Å². The van der Waals surface area contributed by atoms with E-state index in [-0.39, 0.29) is 0 Å². The van der Waals surface area contributed by atoms with Crippen LogP contribution in [0.15, 0.2) is 255 Å². The molecule has 1 heterocycles. The molecule has 0 aliphatic carbocycles. The van der Waals surface area contributed by atoms with Crippen LogP contribution < -0.4 is 4.90 Å². The lowest BCUT2D eigenvalue weighted by Gasteiger charge is -2.28. The first-order valence-electron chi connectivity index (χ1n) is 21.3. The Labute approximate surface area is 362 Å². The highest BCUT2D eigenvalue weighted by atomic mass is 15.1. The van der Waals surface area contributed by atoms with Crippen LogP contribution in [-0.4, -0.2) is 4.57 Å². The van der Waals surface area contributed by atoms with Crippen molar-refractivity contribution >= 4 is 38.9 Å². The molecule has 0 amide bonds. The molecule has 0 unspecified atom stereocenters. The van der Waals surface area contributed by atoms with E-state index in [9.17, 15) is 0 Å². The van der Waals surface area contributed by atoms with Gasteiger partial charge in [0.05, 0.1) is 16.7 Å². The van der Waals surface area contributed by atoms with Crippen molar-refractivity contribution in [3.05, 3.63) is 255 Å². The van der Waals surface area contributed by atoms with Gasteiger partial charge < -0.3 is 9.47 Å². The molecule has 2 heteroatoms. The zero-order valence-electron chi connectivity index (χ0n) is 34.1. The molecule has 62 heavy (non-hydrogen) atoms. The molecule has 10 aromatic carbocycles. The first-order chi connectivity index (χ1) is 30.8. The summed E-state index contributed by atoms with van der Waals surface area (Å²) in [6.45, 7) is 0. The maximum atomic E-state index is 2.42. The number of aromatic nitrogens is 1. The molecule has 0 spiro atoms. The van der Waals surface area contributed by atoms with Gasteiger partial charge in [0.2, 0.25) is 0 Å². The first kappa shape index (κ1) is 36.8. The van der Waals surface area contributed by atoms with Crippen molar-refractivity contribution in [1.29, 1.82) is 0 Å². The molecule has 292 valence electrons. The normalized spacial score (nSPS) is 11.2. The lowest BCUT2D eigenvalue weighted by molar-refractivity contribution is 1.18. The lowest BCUT2D eigenvalue weighted by Crippen LogP contribution is -2.11. The maximum Gasteiger partial charge on any atom is 0.0553 e. The molecule has 0 saturated carbocycles. The number of rotatable bonds is 9. The summed E-state index contributed by atoms with van der Waals surface area (Å²) < 4.78 is 2.42. The van der Waals surface area contributed by atoms with E-state index in [0.717, 1.165) is 28.3 Å². The van der Waals surface area contributed by atoms with Crippen LogP contribution >= 0.6 is 0 Å². The quantitative estimate of drug-likeness (QED) is 0.141. The van der Waals surface area contributed by atoms with E-state index in [1.165, 1.54) is 71.9 Å². The van der Waals surface area contributed by atoms with Crippen molar-refractivity contribution < 1.29 is 0 Å². The van der Waals surface area contributed by atoms with E-state index >= 15 is 0 Å². The fourth-order valence-electron chi connectivity index (χ4n) is 9.04. The molecule has 0 N–H and O–H groups in total. The lowest BCUT2D eigenvalue weighted by atomic mass is 9.93. The van der Waals surface area contributed by atoms with Gasteiger partial charge in [-0.2, -0.15) is 0 Å². The summed E-state index contributed by atoms with van der Waals surface area (Å²) in [6.07, 6.45) is 0. The number of fused-ring (bicyclic) bond motifs is 3. The van der Waals surface area contributed by atoms with E-state index in [1.807, 2.05) is 0 Å². The van der Waals surface area contributed by atoms with Gasteiger partial charge in [-0.1, -0.05) is 194 Å². The fraction of sp³-hybridized carbons (Fsp3) is 0. The fourth-order valence-corrected chi connectivity index (χ4v) is 9.04. The van der Waals surface area contributed by atoms with E-state index < -0.39 is 0 Å². The summed E-state index contributed by atoms with van der Waals surface area (Å²) in [7, 11) is 0. The number of nitrogens with zero attached hydrogens (tertiary/aromatic N) is 2. The van der Waals surface area contributed by atoms with Crippen LogP contribution in [0.2, 0.25) is 0 Å². The van der Waals surface area contributed by atoms with E-state index in [1.54, 1.807) is 0 Å². The minimum Gasteiger partial charge on any atom is -0.310 e. The minimum absolute atomic E-state index is 1.08. The number of benzene rings is 10. The Morgan fingerprint density at radius 2 is 0.774 bits per heavy atom. The maximum absolute atomic E-state index is 2.42. The number of anilines is 3. The molecule has 11 rings (SSSR count). The smallest absolute Gasteiger partial charge is 0.0553 e. The van der Waals surface area contributed by atoms with Crippen LogP contribution in [0.1, 0.15) is 0 Å². The summed E-state index contributed by atoms with van der Waals surface area (Å²) in [6, 6.07) is 92.1. The molecule has 0 radical (unpaired) electrons. The monoisotopic (exact) mass is 790 g/mol. The van der Waals surface area contributed by atoms with Gasteiger partial charge in [-0.25, -0.2) is 0 Å². The average molecular weight is 791 g/mol. The Hall–Kier alpha value is -8.20. The minimum atomic E-state index is 1.08. The van der Waals surface area contributed by atoms with Crippen molar-refractivity contribution in [3.8, 4) is 61.3 Å². The van der Waals surface area contributed by atoms with E-state index in [0.29, 0.717) is 0 Å². The highest BCUT2D eigenvalue weighted by Gasteiger charge is 2.21. The Balaban J connectivity index is 1.09. The van der Waals surface area contributed by atoms with Crippen molar-refractivity contribution in [2.24, 2.45) is 0 Å². The molecular weight excluding hydrogens is 749 g/mol. The molecule has 0 aliphatic rings. The average Bonchev–Trinajstić information content (AvgIpc) is 3.70. The standard InChI is InChI=1S/C60H42N2/c1-5-18-43(19-6-1)45-32-34-46(35-33-45)47-36-38-52(39-37-47)61(57-30-15-13-28-54(57)48-22-9-3-10-23-48)53-27-17-24-49(40-53)56-41-50(44-20-7-2-8-21-44)42-59-60(56)55-29-14-16-31-58(55)62(59)51-25-11-4-12-26-51/h1-42H. The van der Waals surface area contributed by atoms with Gasteiger partial charge in [-0.05, 0) is 111 Å². The molecule has 0 fully saturated rings. The highest BCUT2D eigenvalue weighted by molar-refractivity contribution is 6.17. The second-order valence-electron chi connectivity index (χ2n) is 15.7. The third-order valence-corrected chi connectivity index (χ3v) is 12.0.